The van der Waals surface area contributed by atoms with Crippen molar-refractivity contribution in [1.29, 1.82) is 0 Å². The molecule has 2 atom stereocenters. The summed E-state index contributed by atoms with van der Waals surface area (Å²) >= 11 is 1.70. The van der Waals surface area contributed by atoms with Crippen LogP contribution < -0.4 is 10.2 Å². The van der Waals surface area contributed by atoms with Gasteiger partial charge in [-0.2, -0.15) is 0 Å². The van der Waals surface area contributed by atoms with Gasteiger partial charge in [0.25, 0.3) is 0 Å². The van der Waals surface area contributed by atoms with Crippen molar-refractivity contribution in [2.75, 3.05) is 50.7 Å². The molecule has 0 bridgehead atoms. The number of nitrogens with one attached hydrogen (secondary N) is 1. The quantitative estimate of drug-likeness (QED) is 0.779. The summed E-state index contributed by atoms with van der Waals surface area (Å²) < 4.78 is 0. The lowest BCUT2D eigenvalue weighted by atomic mass is 10.2. The first-order valence-corrected chi connectivity index (χ1v) is 10.5. The van der Waals surface area contributed by atoms with E-state index in [0.717, 1.165) is 36.9 Å². The van der Waals surface area contributed by atoms with Gasteiger partial charge in [0, 0.05) is 63.7 Å². The molecule has 3 rings (SSSR count). The number of carbonyl (C=O) groups is 1. The van der Waals surface area contributed by atoms with Gasteiger partial charge in [-0.25, -0.2) is 9.78 Å². The van der Waals surface area contributed by atoms with E-state index >= 15 is 0 Å². The average Bonchev–Trinajstić information content (AvgIpc) is 3.27. The van der Waals surface area contributed by atoms with Gasteiger partial charge in [-0.3, -0.25) is 4.90 Å². The first kappa shape index (κ1) is 19.4. The van der Waals surface area contributed by atoms with E-state index in [9.17, 15) is 9.90 Å². The van der Waals surface area contributed by atoms with Crippen molar-refractivity contribution in [3.05, 3.63) is 11.1 Å². The van der Waals surface area contributed by atoms with E-state index < -0.39 is 0 Å². The number of amides is 2. The topological polar surface area (TPSA) is 71.9 Å². The molecule has 1 aromatic rings. The maximum Gasteiger partial charge on any atom is 0.317 e. The number of hydrogen-bond donors (Lipinski definition) is 2. The zero-order chi connectivity index (χ0) is 18.5. The van der Waals surface area contributed by atoms with Crippen molar-refractivity contribution in [2.45, 2.75) is 45.3 Å². The van der Waals surface area contributed by atoms with Crippen LogP contribution in [-0.4, -0.2) is 83.9 Å². The van der Waals surface area contributed by atoms with Crippen LogP contribution in [0.5, 0.6) is 0 Å². The van der Waals surface area contributed by atoms with Crippen LogP contribution in [0.2, 0.25) is 0 Å². The fraction of sp³-hybridized carbons (Fsp3) is 0.778. The molecule has 146 valence electrons. The van der Waals surface area contributed by atoms with Crippen molar-refractivity contribution in [1.82, 2.24) is 20.1 Å². The zero-order valence-electron chi connectivity index (χ0n) is 15.9. The molecular formula is C18H31N5O2S. The summed E-state index contributed by atoms with van der Waals surface area (Å²) in [5, 5.41) is 15.8. The lowest BCUT2D eigenvalue weighted by molar-refractivity contribution is 0.0567. The maximum atomic E-state index is 12.4. The molecule has 26 heavy (non-hydrogen) atoms. The molecule has 7 nitrogen and oxygen atoms in total. The molecule has 0 aliphatic carbocycles. The van der Waals surface area contributed by atoms with E-state index in [-0.39, 0.29) is 18.2 Å². The Morgan fingerprint density at radius 3 is 2.85 bits per heavy atom. The van der Waals surface area contributed by atoms with Crippen molar-refractivity contribution in [2.24, 2.45) is 0 Å². The predicted molar refractivity (Wildman–Crippen MR) is 105 cm³/mol. The molecule has 0 unspecified atom stereocenters. The Morgan fingerprint density at radius 2 is 2.15 bits per heavy atom. The lowest BCUT2D eigenvalue weighted by Gasteiger charge is -2.40. The van der Waals surface area contributed by atoms with Gasteiger partial charge in [-0.15, -0.1) is 11.3 Å². The van der Waals surface area contributed by atoms with Gasteiger partial charge >= 0.3 is 6.03 Å². The Hall–Kier alpha value is -1.38. The fourth-order valence-electron chi connectivity index (χ4n) is 3.66. The van der Waals surface area contributed by atoms with Crippen LogP contribution in [-0.2, 0) is 6.42 Å². The number of nitrogens with zero attached hydrogens (tertiary/aromatic N) is 4. The molecule has 0 radical (unpaired) electrons. The van der Waals surface area contributed by atoms with Crippen molar-refractivity contribution >= 4 is 22.5 Å². The minimum Gasteiger partial charge on any atom is -0.392 e. The molecule has 2 amide bonds. The summed E-state index contributed by atoms with van der Waals surface area (Å²) in [5.41, 5.74) is 1.06. The summed E-state index contributed by atoms with van der Waals surface area (Å²) in [5.74, 6) is 0. The molecule has 1 aromatic heterocycles. The molecule has 2 fully saturated rings. The lowest BCUT2D eigenvalue weighted by Crippen LogP contribution is -2.57. The van der Waals surface area contributed by atoms with Gasteiger partial charge in [0.2, 0.25) is 0 Å². The van der Waals surface area contributed by atoms with Crippen LogP contribution in [0.25, 0.3) is 0 Å². The summed E-state index contributed by atoms with van der Waals surface area (Å²) in [4.78, 5) is 23.6. The Labute approximate surface area is 160 Å². The third-order valence-corrected chi connectivity index (χ3v) is 6.07. The first-order chi connectivity index (χ1) is 12.5. The second-order valence-electron chi connectivity index (χ2n) is 7.44. The van der Waals surface area contributed by atoms with E-state index in [0.29, 0.717) is 26.2 Å². The third kappa shape index (κ3) is 5.08. The Bertz CT molecular complexity index is 588. The van der Waals surface area contributed by atoms with E-state index in [4.69, 9.17) is 4.98 Å². The number of carbonyl (C=O) groups excluding carboxylic acids is 1. The van der Waals surface area contributed by atoms with E-state index in [1.165, 1.54) is 12.8 Å². The number of β-amino-alcohol motifs (C(OH)–C–C–N with tert-alkyl or cyclic N) is 1. The van der Waals surface area contributed by atoms with Crippen LogP contribution in [0.15, 0.2) is 5.38 Å². The van der Waals surface area contributed by atoms with Gasteiger partial charge in [-0.05, 0) is 26.7 Å². The molecule has 8 heteroatoms. The highest BCUT2D eigenvalue weighted by atomic mass is 32.1. The minimum absolute atomic E-state index is 0.00328. The molecule has 2 aliphatic heterocycles. The zero-order valence-corrected chi connectivity index (χ0v) is 16.7. The molecule has 2 saturated heterocycles. The average molecular weight is 382 g/mol. The number of piperazine rings is 1. The highest BCUT2D eigenvalue weighted by Crippen LogP contribution is 2.24. The number of thiazole rings is 1. The highest BCUT2D eigenvalue weighted by Gasteiger charge is 2.27. The van der Waals surface area contributed by atoms with Crippen molar-refractivity contribution in [3.8, 4) is 0 Å². The van der Waals surface area contributed by atoms with Crippen LogP contribution in [0, 0.1) is 0 Å². The molecular weight excluding hydrogens is 350 g/mol. The summed E-state index contributed by atoms with van der Waals surface area (Å²) in [7, 11) is 0. The molecule has 0 spiro atoms. The van der Waals surface area contributed by atoms with Crippen molar-refractivity contribution < 1.29 is 9.90 Å². The molecule has 0 saturated carbocycles. The summed E-state index contributed by atoms with van der Waals surface area (Å²) in [6, 6.07) is 0.272. The normalized spacial score (nSPS) is 22.7. The van der Waals surface area contributed by atoms with Gasteiger partial charge in [0.15, 0.2) is 5.13 Å². The Balaban J connectivity index is 1.39. The third-order valence-electron chi connectivity index (χ3n) is 5.12. The number of hydrogen-bond acceptors (Lipinski definition) is 6. The smallest absolute Gasteiger partial charge is 0.317 e. The number of aliphatic hydroxyl groups excluding tert-OH is 1. The maximum absolute atomic E-state index is 12.4. The summed E-state index contributed by atoms with van der Waals surface area (Å²) in [6.45, 7) is 9.64. The first-order valence-electron chi connectivity index (χ1n) is 9.67. The molecule has 3 heterocycles. The number of aliphatic hydroxyl groups is 1. The standard InChI is InChI=1S/C18H31N5O2S/c1-14-11-23(10-9-22(14)12-15(2)24)17(25)19-6-5-16-13-26-18(20-16)21-7-3-4-8-21/h13-15,24H,3-12H2,1-2H3,(H,19,25)/t14-,15-/m1/s1. The van der Waals surface area contributed by atoms with Crippen molar-refractivity contribution in [3.63, 3.8) is 0 Å². The number of urea groups is 1. The predicted octanol–water partition coefficient (Wildman–Crippen LogP) is 1.38. The second kappa shape index (κ2) is 9.01. The van der Waals surface area contributed by atoms with Crippen LogP contribution in [0.1, 0.15) is 32.4 Å². The monoisotopic (exact) mass is 381 g/mol. The molecule has 2 aliphatic rings. The molecule has 0 aromatic carbocycles. The Morgan fingerprint density at radius 1 is 1.38 bits per heavy atom. The van der Waals surface area contributed by atoms with Crippen LogP contribution >= 0.6 is 11.3 Å². The van der Waals surface area contributed by atoms with E-state index in [2.05, 4.69) is 27.4 Å². The summed E-state index contributed by atoms with van der Waals surface area (Å²) in [6.07, 6.45) is 2.96. The fourth-order valence-corrected chi connectivity index (χ4v) is 4.58. The SMILES string of the molecule is C[C@@H]1CN(C(=O)NCCc2csc(N3CCCC3)n2)CCN1C[C@@H](C)O. The number of aromatic nitrogens is 1. The number of rotatable bonds is 6. The number of anilines is 1. The van der Waals surface area contributed by atoms with E-state index in [1.807, 2.05) is 4.90 Å². The van der Waals surface area contributed by atoms with Crippen LogP contribution in [0.4, 0.5) is 9.93 Å². The Kier molecular flexibility index (Phi) is 6.72. The largest absolute Gasteiger partial charge is 0.392 e. The second-order valence-corrected chi connectivity index (χ2v) is 8.27. The highest BCUT2D eigenvalue weighted by molar-refractivity contribution is 7.13. The van der Waals surface area contributed by atoms with Gasteiger partial charge < -0.3 is 20.2 Å². The van der Waals surface area contributed by atoms with Gasteiger partial charge in [0.05, 0.1) is 11.8 Å². The van der Waals surface area contributed by atoms with Gasteiger partial charge in [-0.1, -0.05) is 0 Å². The molecule has 2 N–H and O–H groups in total. The minimum atomic E-state index is -0.332. The van der Waals surface area contributed by atoms with Crippen LogP contribution in [0.3, 0.4) is 0 Å². The van der Waals surface area contributed by atoms with E-state index in [1.54, 1.807) is 18.3 Å². The van der Waals surface area contributed by atoms with Gasteiger partial charge in [0.1, 0.15) is 0 Å².